The van der Waals surface area contributed by atoms with Crippen LogP contribution in [0.4, 0.5) is 5.69 Å². The molecule has 4 nitrogen and oxygen atoms in total. The lowest BCUT2D eigenvalue weighted by molar-refractivity contribution is -0.124. The summed E-state index contributed by atoms with van der Waals surface area (Å²) in [5, 5.41) is 2.67. The predicted octanol–water partition coefficient (Wildman–Crippen LogP) is 1.64. The first-order valence-electron chi connectivity index (χ1n) is 6.23. The van der Waals surface area contributed by atoms with Crippen LogP contribution < -0.4 is 11.1 Å². The van der Waals surface area contributed by atoms with Crippen molar-refractivity contribution >= 4 is 11.6 Å². The number of amides is 1. The Morgan fingerprint density at radius 2 is 1.89 bits per heavy atom. The van der Waals surface area contributed by atoms with Crippen molar-refractivity contribution in [1.82, 2.24) is 10.2 Å². The zero-order valence-electron chi connectivity index (χ0n) is 11.6. The number of nitrogens with two attached hydrogens (primary N) is 1. The van der Waals surface area contributed by atoms with Crippen LogP contribution in [0.15, 0.2) is 24.3 Å². The normalized spacial score (nSPS) is 14.3. The van der Waals surface area contributed by atoms with Crippen LogP contribution in [0.3, 0.4) is 0 Å². The van der Waals surface area contributed by atoms with E-state index in [1.165, 1.54) is 5.56 Å². The van der Waals surface area contributed by atoms with Crippen molar-refractivity contribution in [1.29, 1.82) is 0 Å². The molecule has 3 N–H and O–H groups in total. The highest BCUT2D eigenvalue weighted by atomic mass is 16.1. The van der Waals surface area contributed by atoms with Crippen LogP contribution >= 0.6 is 0 Å². The topological polar surface area (TPSA) is 58.4 Å². The second-order valence-corrected chi connectivity index (χ2v) is 4.80. The average molecular weight is 249 g/mol. The minimum atomic E-state index is -0.0174. The number of hydrogen-bond acceptors (Lipinski definition) is 3. The highest BCUT2D eigenvalue weighted by Crippen LogP contribution is 2.20. The van der Waals surface area contributed by atoms with Crippen molar-refractivity contribution in [3.63, 3.8) is 0 Å². The van der Waals surface area contributed by atoms with Crippen molar-refractivity contribution < 1.29 is 4.79 Å². The van der Waals surface area contributed by atoms with Crippen molar-refractivity contribution in [2.75, 3.05) is 26.4 Å². The summed E-state index contributed by atoms with van der Waals surface area (Å²) in [6.45, 7) is 4.79. The van der Waals surface area contributed by atoms with E-state index in [-0.39, 0.29) is 17.9 Å². The van der Waals surface area contributed by atoms with E-state index in [0.29, 0.717) is 0 Å². The molecule has 0 radical (unpaired) electrons. The van der Waals surface area contributed by atoms with E-state index < -0.39 is 0 Å². The van der Waals surface area contributed by atoms with Gasteiger partial charge in [-0.25, -0.2) is 0 Å². The fraction of sp³-hybridized carbons (Fsp3) is 0.500. The lowest BCUT2D eigenvalue weighted by Crippen LogP contribution is -2.35. The van der Waals surface area contributed by atoms with E-state index in [2.05, 4.69) is 17.1 Å². The lowest BCUT2D eigenvalue weighted by Gasteiger charge is -2.27. The average Bonchev–Trinajstić information content (AvgIpc) is 2.37. The highest BCUT2D eigenvalue weighted by molar-refractivity contribution is 5.78. The molecular formula is C14H23N3O. The standard InChI is InChI=1S/C14H23N3O/c1-10(14(18)16-3)9-17(4)11(2)12-5-7-13(15)8-6-12/h5-8,10-11H,9,15H2,1-4H3,(H,16,18). The summed E-state index contributed by atoms with van der Waals surface area (Å²) in [6, 6.07) is 8.13. The minimum Gasteiger partial charge on any atom is -0.399 e. The van der Waals surface area contributed by atoms with Crippen molar-refractivity contribution in [2.45, 2.75) is 19.9 Å². The number of carbonyl (C=O) groups excluding carboxylic acids is 1. The molecule has 2 atom stereocenters. The van der Waals surface area contributed by atoms with Gasteiger partial charge in [-0.05, 0) is 31.7 Å². The van der Waals surface area contributed by atoms with Crippen LogP contribution in [0.5, 0.6) is 0 Å². The van der Waals surface area contributed by atoms with Gasteiger partial charge in [-0.1, -0.05) is 19.1 Å². The van der Waals surface area contributed by atoms with Gasteiger partial charge in [0.05, 0.1) is 0 Å². The zero-order chi connectivity index (χ0) is 13.7. The van der Waals surface area contributed by atoms with Gasteiger partial charge in [0, 0.05) is 31.2 Å². The number of nitrogens with zero attached hydrogens (tertiary/aromatic N) is 1. The molecule has 0 fully saturated rings. The van der Waals surface area contributed by atoms with E-state index >= 15 is 0 Å². The van der Waals surface area contributed by atoms with Crippen molar-refractivity contribution in [3.05, 3.63) is 29.8 Å². The quantitative estimate of drug-likeness (QED) is 0.780. The summed E-state index contributed by atoms with van der Waals surface area (Å²) in [7, 11) is 3.70. The molecule has 0 aliphatic heterocycles. The number of hydrogen-bond donors (Lipinski definition) is 2. The van der Waals surface area contributed by atoms with E-state index in [4.69, 9.17) is 5.73 Å². The molecule has 0 spiro atoms. The largest absolute Gasteiger partial charge is 0.399 e. The SMILES string of the molecule is CNC(=O)C(C)CN(C)C(C)c1ccc(N)cc1. The minimum absolute atomic E-state index is 0.0174. The summed E-state index contributed by atoms with van der Waals surface area (Å²) >= 11 is 0. The molecule has 0 saturated carbocycles. The maximum absolute atomic E-state index is 11.5. The lowest BCUT2D eigenvalue weighted by atomic mass is 10.0. The van der Waals surface area contributed by atoms with Gasteiger partial charge in [-0.15, -0.1) is 0 Å². The van der Waals surface area contributed by atoms with E-state index in [1.54, 1.807) is 7.05 Å². The molecule has 0 heterocycles. The highest BCUT2D eigenvalue weighted by Gasteiger charge is 2.18. The number of nitrogens with one attached hydrogen (secondary N) is 1. The number of benzene rings is 1. The Labute approximate surface area is 109 Å². The molecule has 1 amide bonds. The molecule has 1 aromatic carbocycles. The van der Waals surface area contributed by atoms with Crippen LogP contribution in [-0.4, -0.2) is 31.4 Å². The maximum Gasteiger partial charge on any atom is 0.223 e. The Morgan fingerprint density at radius 1 is 1.33 bits per heavy atom. The summed E-state index contributed by atoms with van der Waals surface area (Å²) in [5.74, 6) is 0.0580. The number of rotatable bonds is 5. The molecule has 1 aromatic rings. The van der Waals surface area contributed by atoms with E-state index in [9.17, 15) is 4.79 Å². The first-order valence-corrected chi connectivity index (χ1v) is 6.23. The summed E-state index contributed by atoms with van der Waals surface area (Å²) in [4.78, 5) is 13.7. The van der Waals surface area contributed by atoms with Crippen molar-refractivity contribution in [2.24, 2.45) is 5.92 Å². The van der Waals surface area contributed by atoms with Gasteiger partial charge in [-0.2, -0.15) is 0 Å². The number of nitrogen functional groups attached to an aromatic ring is 1. The van der Waals surface area contributed by atoms with E-state index in [0.717, 1.165) is 12.2 Å². The van der Waals surface area contributed by atoms with Crippen LogP contribution in [0.25, 0.3) is 0 Å². The Balaban J connectivity index is 2.63. The Bertz CT molecular complexity index is 389. The number of anilines is 1. The van der Waals surface area contributed by atoms with Gasteiger partial charge in [0.15, 0.2) is 0 Å². The predicted molar refractivity (Wildman–Crippen MR) is 75.1 cm³/mol. The van der Waals surface area contributed by atoms with Gasteiger partial charge in [0.2, 0.25) is 5.91 Å². The third kappa shape index (κ3) is 3.74. The van der Waals surface area contributed by atoms with E-state index in [1.807, 2.05) is 38.2 Å². The Morgan fingerprint density at radius 3 is 2.39 bits per heavy atom. The van der Waals surface area contributed by atoms with Gasteiger partial charge in [-0.3, -0.25) is 9.69 Å². The maximum atomic E-state index is 11.5. The first-order chi connectivity index (χ1) is 8.45. The molecule has 0 aliphatic carbocycles. The van der Waals surface area contributed by atoms with Crippen LogP contribution in [0.1, 0.15) is 25.5 Å². The van der Waals surface area contributed by atoms with Gasteiger partial charge >= 0.3 is 0 Å². The molecule has 0 aromatic heterocycles. The smallest absolute Gasteiger partial charge is 0.223 e. The van der Waals surface area contributed by atoms with Gasteiger partial charge < -0.3 is 11.1 Å². The summed E-state index contributed by atoms with van der Waals surface area (Å²) < 4.78 is 0. The summed E-state index contributed by atoms with van der Waals surface area (Å²) in [5.41, 5.74) is 7.65. The number of carbonyl (C=O) groups is 1. The summed E-state index contributed by atoms with van der Waals surface area (Å²) in [6.07, 6.45) is 0. The molecule has 0 aliphatic rings. The monoisotopic (exact) mass is 249 g/mol. The molecule has 100 valence electrons. The van der Waals surface area contributed by atoms with Gasteiger partial charge in [0.1, 0.15) is 0 Å². The third-order valence-electron chi connectivity index (χ3n) is 3.34. The van der Waals surface area contributed by atoms with Gasteiger partial charge in [0.25, 0.3) is 0 Å². The third-order valence-corrected chi connectivity index (χ3v) is 3.34. The van der Waals surface area contributed by atoms with Crippen LogP contribution in [-0.2, 0) is 4.79 Å². The Hall–Kier alpha value is -1.55. The fourth-order valence-electron chi connectivity index (χ4n) is 1.95. The first kappa shape index (κ1) is 14.5. The fourth-order valence-corrected chi connectivity index (χ4v) is 1.95. The zero-order valence-corrected chi connectivity index (χ0v) is 11.6. The molecule has 2 unspecified atom stereocenters. The molecule has 4 heteroatoms. The second-order valence-electron chi connectivity index (χ2n) is 4.80. The Kier molecular flexibility index (Phi) is 5.16. The molecule has 0 bridgehead atoms. The molecule has 1 rings (SSSR count). The van der Waals surface area contributed by atoms with Crippen molar-refractivity contribution in [3.8, 4) is 0 Å². The molecular weight excluding hydrogens is 226 g/mol. The second kappa shape index (κ2) is 6.40. The van der Waals surface area contributed by atoms with Crippen LogP contribution in [0, 0.1) is 5.92 Å². The molecule has 18 heavy (non-hydrogen) atoms. The van der Waals surface area contributed by atoms with Crippen LogP contribution in [0.2, 0.25) is 0 Å². The molecule has 0 saturated heterocycles.